The molecule has 0 aliphatic carbocycles. The van der Waals surface area contributed by atoms with Crippen molar-refractivity contribution >= 4 is 17.3 Å². The first-order chi connectivity index (χ1) is 15.4. The van der Waals surface area contributed by atoms with Crippen molar-refractivity contribution in [3.8, 4) is 5.69 Å². The molecule has 0 unspecified atom stereocenters. The van der Waals surface area contributed by atoms with Gasteiger partial charge in [-0.15, -0.1) is 5.10 Å². The lowest BCUT2D eigenvalue weighted by Crippen LogP contribution is -2.64. The van der Waals surface area contributed by atoms with Gasteiger partial charge in [0.2, 0.25) is 5.95 Å². The van der Waals surface area contributed by atoms with Crippen molar-refractivity contribution in [2.45, 2.75) is 19.4 Å². The van der Waals surface area contributed by atoms with Crippen LogP contribution in [0, 0.1) is 18.6 Å². The molecule has 7 nitrogen and oxygen atoms in total. The highest BCUT2D eigenvalue weighted by Crippen LogP contribution is 2.29. The van der Waals surface area contributed by atoms with Gasteiger partial charge in [0.15, 0.2) is 0 Å². The number of ether oxygens (including phenoxy) is 1. The number of halogens is 2. The van der Waals surface area contributed by atoms with E-state index in [1.54, 1.807) is 0 Å². The van der Waals surface area contributed by atoms with Crippen molar-refractivity contribution < 1.29 is 14.9 Å². The average molecular weight is 443 g/mol. The summed E-state index contributed by atoms with van der Waals surface area (Å²) in [7, 11) is 0. The van der Waals surface area contributed by atoms with Crippen LogP contribution in [0.25, 0.3) is 5.69 Å². The number of nitrogens with one attached hydrogen (secondary N) is 1. The van der Waals surface area contributed by atoms with Gasteiger partial charge in [0, 0.05) is 45.0 Å². The molecule has 2 aliphatic rings. The van der Waals surface area contributed by atoms with Crippen LogP contribution in [-0.2, 0) is 4.74 Å². The molecule has 2 aliphatic heterocycles. The number of aromatic nitrogens is 3. The number of rotatable bonds is 5. The van der Waals surface area contributed by atoms with E-state index in [-0.39, 0.29) is 12.7 Å². The summed E-state index contributed by atoms with van der Waals surface area (Å²) < 4.78 is 33.8. The lowest BCUT2D eigenvalue weighted by Gasteiger charge is -2.50. The molecular formula is C23H28F2N6O. The Bertz CT molecular complexity index is 1110. The lowest BCUT2D eigenvalue weighted by atomic mass is 9.97. The SMILES string of the molecule is Cc1cc(Nc2ncn(-c3cc(F)cc(F)c3)n2)cc(N2CCN(C3(C)COC3)CC2)c1.[HH]. The van der Waals surface area contributed by atoms with Crippen LogP contribution in [0.1, 0.15) is 13.9 Å². The highest BCUT2D eigenvalue weighted by atomic mass is 19.1. The Labute approximate surface area is 187 Å². The summed E-state index contributed by atoms with van der Waals surface area (Å²) in [5.41, 5.74) is 3.59. The monoisotopic (exact) mass is 442 g/mol. The second-order valence-electron chi connectivity index (χ2n) is 8.79. The molecule has 0 amide bonds. The van der Waals surface area contributed by atoms with Gasteiger partial charge in [-0.05, 0) is 49.7 Å². The molecule has 9 heteroatoms. The molecule has 1 aromatic heterocycles. The number of aryl methyl sites for hydroxylation is 1. The minimum atomic E-state index is -0.660. The summed E-state index contributed by atoms with van der Waals surface area (Å²) in [6.07, 6.45) is 1.43. The molecule has 32 heavy (non-hydrogen) atoms. The molecule has 0 bridgehead atoms. The predicted octanol–water partition coefficient (Wildman–Crippen LogP) is 3.75. The van der Waals surface area contributed by atoms with Crippen LogP contribution in [0.5, 0.6) is 0 Å². The van der Waals surface area contributed by atoms with Crippen molar-refractivity contribution in [2.24, 2.45) is 0 Å². The van der Waals surface area contributed by atoms with Gasteiger partial charge in [-0.1, -0.05) is 0 Å². The lowest BCUT2D eigenvalue weighted by molar-refractivity contribution is -0.131. The van der Waals surface area contributed by atoms with Gasteiger partial charge in [0.05, 0.1) is 24.4 Å². The fourth-order valence-electron chi connectivity index (χ4n) is 4.35. The zero-order valence-corrected chi connectivity index (χ0v) is 18.2. The average Bonchev–Trinajstić information content (AvgIpc) is 3.19. The van der Waals surface area contributed by atoms with Gasteiger partial charge >= 0.3 is 0 Å². The molecule has 2 fully saturated rings. The molecule has 2 saturated heterocycles. The largest absolute Gasteiger partial charge is 0.377 e. The number of anilines is 3. The van der Waals surface area contributed by atoms with Crippen LogP contribution in [0.15, 0.2) is 42.7 Å². The summed E-state index contributed by atoms with van der Waals surface area (Å²) >= 11 is 0. The number of hydrogen-bond acceptors (Lipinski definition) is 6. The molecule has 3 heterocycles. The van der Waals surface area contributed by atoms with Crippen molar-refractivity contribution in [3.63, 3.8) is 0 Å². The van der Waals surface area contributed by atoms with E-state index in [0.29, 0.717) is 5.95 Å². The third-order valence-corrected chi connectivity index (χ3v) is 6.16. The van der Waals surface area contributed by atoms with E-state index >= 15 is 0 Å². The van der Waals surface area contributed by atoms with E-state index in [1.807, 2.05) is 6.07 Å². The van der Waals surface area contributed by atoms with Gasteiger partial charge in [0.1, 0.15) is 18.0 Å². The quantitative estimate of drug-likeness (QED) is 0.650. The highest BCUT2D eigenvalue weighted by Gasteiger charge is 2.40. The van der Waals surface area contributed by atoms with Crippen molar-refractivity contribution in [1.82, 2.24) is 19.7 Å². The van der Waals surface area contributed by atoms with Crippen LogP contribution in [0.2, 0.25) is 0 Å². The summed E-state index contributed by atoms with van der Waals surface area (Å²) in [5.74, 6) is -0.964. The summed E-state index contributed by atoms with van der Waals surface area (Å²) in [6.45, 7) is 9.87. The first-order valence-electron chi connectivity index (χ1n) is 10.7. The second-order valence-corrected chi connectivity index (χ2v) is 8.79. The van der Waals surface area contributed by atoms with Gasteiger partial charge in [-0.3, -0.25) is 4.90 Å². The van der Waals surface area contributed by atoms with Gasteiger partial charge in [-0.2, -0.15) is 4.98 Å². The minimum absolute atomic E-state index is 0. The minimum Gasteiger partial charge on any atom is -0.377 e. The molecule has 1 N–H and O–H groups in total. The topological polar surface area (TPSA) is 58.5 Å². The van der Waals surface area contributed by atoms with E-state index in [2.05, 4.69) is 51.2 Å². The first kappa shape index (κ1) is 20.8. The van der Waals surface area contributed by atoms with Crippen LogP contribution in [0.3, 0.4) is 0 Å². The van der Waals surface area contributed by atoms with Crippen molar-refractivity contribution in [2.75, 3.05) is 49.6 Å². The van der Waals surface area contributed by atoms with E-state index in [1.165, 1.54) is 23.1 Å². The molecular weight excluding hydrogens is 414 g/mol. The molecule has 0 spiro atoms. The van der Waals surface area contributed by atoms with E-state index in [4.69, 9.17) is 4.74 Å². The fraction of sp³-hybridized carbons (Fsp3) is 0.391. The number of piperazine rings is 1. The van der Waals surface area contributed by atoms with Crippen molar-refractivity contribution in [1.29, 1.82) is 0 Å². The molecule has 2 aromatic carbocycles. The Morgan fingerprint density at radius 1 is 0.969 bits per heavy atom. The normalized spacial score (nSPS) is 18.4. The third kappa shape index (κ3) is 4.18. The van der Waals surface area contributed by atoms with Crippen LogP contribution < -0.4 is 10.2 Å². The second kappa shape index (κ2) is 8.14. The Morgan fingerprint density at radius 2 is 1.69 bits per heavy atom. The number of hydrogen-bond donors (Lipinski definition) is 1. The van der Waals surface area contributed by atoms with Crippen LogP contribution in [-0.4, -0.2) is 64.6 Å². The smallest absolute Gasteiger partial charge is 0.246 e. The van der Waals surface area contributed by atoms with Gasteiger partial charge in [0.25, 0.3) is 0 Å². The van der Waals surface area contributed by atoms with E-state index < -0.39 is 11.6 Å². The maximum Gasteiger partial charge on any atom is 0.246 e. The van der Waals surface area contributed by atoms with Gasteiger partial charge in [-0.25, -0.2) is 13.5 Å². The van der Waals surface area contributed by atoms with Crippen LogP contribution >= 0.6 is 0 Å². The predicted molar refractivity (Wildman–Crippen MR) is 121 cm³/mol. The maximum absolute atomic E-state index is 13.5. The van der Waals surface area contributed by atoms with Crippen molar-refractivity contribution in [3.05, 3.63) is 59.9 Å². The molecule has 5 rings (SSSR count). The molecule has 170 valence electrons. The zero-order valence-electron chi connectivity index (χ0n) is 18.2. The third-order valence-electron chi connectivity index (χ3n) is 6.16. The van der Waals surface area contributed by atoms with Gasteiger partial charge < -0.3 is 15.0 Å². The summed E-state index contributed by atoms with van der Waals surface area (Å²) in [5, 5.41) is 7.52. The Balaban J connectivity index is 0.00000259. The Morgan fingerprint density at radius 3 is 2.34 bits per heavy atom. The molecule has 0 radical (unpaired) electrons. The highest BCUT2D eigenvalue weighted by molar-refractivity contribution is 5.64. The first-order valence-corrected chi connectivity index (χ1v) is 10.7. The standard InChI is InChI=1S/C23H26F2N6O.H2/c1-16-7-19(27-22-26-15-31(28-22)21-10-17(24)9-18(25)11-21)12-20(8-16)29-3-5-30(6-4-29)23(2)13-32-14-23;/h7-12,15H,3-6,13-14H2,1-2H3,(H,27,28);1H. The van der Waals surface area contributed by atoms with E-state index in [9.17, 15) is 8.78 Å². The number of nitrogens with zero attached hydrogens (tertiary/aromatic N) is 5. The maximum atomic E-state index is 13.5. The summed E-state index contributed by atoms with van der Waals surface area (Å²) in [6, 6.07) is 9.53. The zero-order chi connectivity index (χ0) is 22.3. The Kier molecular flexibility index (Phi) is 5.30. The molecule has 0 saturated carbocycles. The Hall–Kier alpha value is -3.04. The number of benzene rings is 2. The van der Waals surface area contributed by atoms with E-state index in [0.717, 1.165) is 62.4 Å². The molecule has 0 atom stereocenters. The van der Waals surface area contributed by atoms with Crippen LogP contribution in [0.4, 0.5) is 26.1 Å². The summed E-state index contributed by atoms with van der Waals surface area (Å²) in [4.78, 5) is 9.15. The molecule has 3 aromatic rings. The fourth-order valence-corrected chi connectivity index (χ4v) is 4.35.